The first kappa shape index (κ1) is 17.1. The van der Waals surface area contributed by atoms with Crippen molar-refractivity contribution in [3.05, 3.63) is 51.5 Å². The highest BCUT2D eigenvalue weighted by atomic mass is 32.1. The summed E-state index contributed by atoms with van der Waals surface area (Å²) in [6, 6.07) is 6.49. The van der Waals surface area contributed by atoms with Gasteiger partial charge < -0.3 is 5.11 Å². The lowest BCUT2D eigenvalue weighted by Crippen LogP contribution is -2.41. The Bertz CT molecular complexity index is 696. The normalized spacial score (nSPS) is 20.0. The van der Waals surface area contributed by atoms with Gasteiger partial charge in [-0.25, -0.2) is 0 Å². The molecule has 0 bridgehead atoms. The van der Waals surface area contributed by atoms with E-state index in [9.17, 15) is 9.90 Å². The van der Waals surface area contributed by atoms with E-state index < -0.39 is 5.97 Å². The van der Waals surface area contributed by atoms with Crippen LogP contribution in [0.3, 0.4) is 0 Å². The number of carbonyl (C=O) groups is 1. The average Bonchev–Trinajstić information content (AvgIpc) is 3.02. The van der Waals surface area contributed by atoms with E-state index in [1.807, 2.05) is 6.20 Å². The van der Waals surface area contributed by atoms with E-state index in [1.165, 1.54) is 16.0 Å². The van der Waals surface area contributed by atoms with Crippen molar-refractivity contribution < 1.29 is 9.90 Å². The number of carboxylic acids is 1. The minimum Gasteiger partial charge on any atom is -0.481 e. The van der Waals surface area contributed by atoms with Crippen molar-refractivity contribution >= 4 is 17.3 Å². The number of pyridine rings is 1. The number of hydrogen-bond donors (Lipinski definition) is 1. The maximum atomic E-state index is 11.4. The van der Waals surface area contributed by atoms with E-state index in [0.29, 0.717) is 6.54 Å². The number of aryl methyl sites for hydroxylation is 2. The number of piperidine rings is 1. The number of likely N-dealkylation sites (tertiary alicyclic amines) is 1. The first-order valence-corrected chi connectivity index (χ1v) is 9.43. The Hall–Kier alpha value is -1.72. The topological polar surface area (TPSA) is 53.4 Å². The van der Waals surface area contributed by atoms with Gasteiger partial charge in [-0.1, -0.05) is 13.0 Å². The lowest BCUT2D eigenvalue weighted by molar-refractivity contribution is -0.143. The van der Waals surface area contributed by atoms with Crippen LogP contribution < -0.4 is 0 Å². The van der Waals surface area contributed by atoms with Gasteiger partial charge in [0.25, 0.3) is 0 Å². The standard InChI is InChI=1S/C19H24N2O2S/c1-3-14-6-7-16(20-10-14)18(17-9-13(2)12-24-17)21-8-4-5-15(11-21)19(22)23/h6-7,9-10,12,15,18H,3-5,8,11H2,1-2H3,(H,22,23). The smallest absolute Gasteiger partial charge is 0.307 e. The largest absolute Gasteiger partial charge is 0.481 e. The first-order valence-electron chi connectivity index (χ1n) is 8.55. The van der Waals surface area contributed by atoms with Crippen LogP contribution in [0.25, 0.3) is 0 Å². The van der Waals surface area contributed by atoms with Crippen LogP contribution in [-0.4, -0.2) is 34.0 Å². The summed E-state index contributed by atoms with van der Waals surface area (Å²) in [5, 5.41) is 11.6. The van der Waals surface area contributed by atoms with Gasteiger partial charge in [-0.2, -0.15) is 0 Å². The van der Waals surface area contributed by atoms with Gasteiger partial charge in [-0.15, -0.1) is 11.3 Å². The summed E-state index contributed by atoms with van der Waals surface area (Å²) in [6.07, 6.45) is 4.61. The maximum Gasteiger partial charge on any atom is 0.307 e. The van der Waals surface area contributed by atoms with Crippen LogP contribution in [0.5, 0.6) is 0 Å². The van der Waals surface area contributed by atoms with Crippen LogP contribution in [0.2, 0.25) is 0 Å². The van der Waals surface area contributed by atoms with Crippen molar-refractivity contribution in [2.24, 2.45) is 5.92 Å². The molecule has 1 N–H and O–H groups in total. The highest BCUT2D eigenvalue weighted by Crippen LogP contribution is 2.35. The molecule has 0 spiro atoms. The predicted octanol–water partition coefficient (Wildman–Crippen LogP) is 3.90. The van der Waals surface area contributed by atoms with Crippen LogP contribution in [0, 0.1) is 12.8 Å². The molecular weight excluding hydrogens is 320 g/mol. The molecule has 5 heteroatoms. The number of thiophene rings is 1. The van der Waals surface area contributed by atoms with Crippen molar-refractivity contribution in [2.75, 3.05) is 13.1 Å². The molecule has 1 aliphatic heterocycles. The molecular formula is C19H24N2O2S. The third-order valence-corrected chi connectivity index (χ3v) is 5.83. The molecule has 3 rings (SSSR count). The summed E-state index contributed by atoms with van der Waals surface area (Å²) in [6.45, 7) is 5.73. The Kier molecular flexibility index (Phi) is 5.31. The fraction of sp³-hybridized carbons (Fsp3) is 0.474. The number of hydrogen-bond acceptors (Lipinski definition) is 4. The molecule has 0 amide bonds. The SMILES string of the molecule is CCc1ccc(C(c2cc(C)cs2)N2CCCC(C(=O)O)C2)nc1. The van der Waals surface area contributed by atoms with Gasteiger partial charge in [0, 0.05) is 17.6 Å². The number of aromatic nitrogens is 1. The number of rotatable bonds is 5. The summed E-state index contributed by atoms with van der Waals surface area (Å²) in [5.41, 5.74) is 3.49. The van der Waals surface area contributed by atoms with Crippen LogP contribution >= 0.6 is 11.3 Å². The zero-order valence-corrected chi connectivity index (χ0v) is 15.1. The Labute approximate surface area is 147 Å². The quantitative estimate of drug-likeness (QED) is 0.894. The highest BCUT2D eigenvalue weighted by Gasteiger charge is 2.32. The molecule has 0 aromatic carbocycles. The molecule has 2 atom stereocenters. The molecule has 1 aliphatic rings. The maximum absolute atomic E-state index is 11.4. The van der Waals surface area contributed by atoms with Crippen molar-refractivity contribution in [2.45, 2.75) is 39.2 Å². The Morgan fingerprint density at radius 3 is 2.92 bits per heavy atom. The van der Waals surface area contributed by atoms with E-state index in [4.69, 9.17) is 4.98 Å². The van der Waals surface area contributed by atoms with Gasteiger partial charge in [0.1, 0.15) is 0 Å². The van der Waals surface area contributed by atoms with E-state index in [-0.39, 0.29) is 12.0 Å². The molecule has 4 nitrogen and oxygen atoms in total. The van der Waals surface area contributed by atoms with Crippen LogP contribution in [0.4, 0.5) is 0 Å². The van der Waals surface area contributed by atoms with Gasteiger partial charge in [-0.3, -0.25) is 14.7 Å². The Morgan fingerprint density at radius 2 is 2.33 bits per heavy atom. The molecule has 0 radical (unpaired) electrons. The fourth-order valence-electron chi connectivity index (χ4n) is 3.36. The summed E-state index contributed by atoms with van der Waals surface area (Å²) in [5.74, 6) is -0.965. The number of aliphatic carboxylic acids is 1. The van der Waals surface area contributed by atoms with Gasteiger partial charge in [-0.05, 0) is 61.4 Å². The van der Waals surface area contributed by atoms with Gasteiger partial charge in [0.05, 0.1) is 17.7 Å². The summed E-state index contributed by atoms with van der Waals surface area (Å²) in [4.78, 5) is 19.7. The van der Waals surface area contributed by atoms with E-state index in [0.717, 1.165) is 31.5 Å². The zero-order valence-electron chi connectivity index (χ0n) is 14.2. The zero-order chi connectivity index (χ0) is 17.1. The second-order valence-corrected chi connectivity index (χ2v) is 7.49. The van der Waals surface area contributed by atoms with E-state index >= 15 is 0 Å². The van der Waals surface area contributed by atoms with Crippen molar-refractivity contribution in [1.82, 2.24) is 9.88 Å². The molecule has 0 aliphatic carbocycles. The van der Waals surface area contributed by atoms with Crippen LogP contribution in [0.1, 0.15) is 47.5 Å². The Balaban J connectivity index is 1.93. The molecule has 2 unspecified atom stereocenters. The monoisotopic (exact) mass is 344 g/mol. The second kappa shape index (κ2) is 7.45. The van der Waals surface area contributed by atoms with Crippen LogP contribution in [-0.2, 0) is 11.2 Å². The van der Waals surface area contributed by atoms with Gasteiger partial charge in [0.15, 0.2) is 0 Å². The molecule has 1 saturated heterocycles. The first-order chi connectivity index (χ1) is 11.6. The highest BCUT2D eigenvalue weighted by molar-refractivity contribution is 7.10. The van der Waals surface area contributed by atoms with Crippen molar-refractivity contribution in [3.8, 4) is 0 Å². The van der Waals surface area contributed by atoms with Crippen molar-refractivity contribution in [1.29, 1.82) is 0 Å². The van der Waals surface area contributed by atoms with Gasteiger partial charge in [0.2, 0.25) is 0 Å². The van der Waals surface area contributed by atoms with E-state index in [2.05, 4.69) is 42.3 Å². The molecule has 3 heterocycles. The van der Waals surface area contributed by atoms with Crippen molar-refractivity contribution in [3.63, 3.8) is 0 Å². The molecule has 0 saturated carbocycles. The lowest BCUT2D eigenvalue weighted by atomic mass is 9.95. The molecule has 24 heavy (non-hydrogen) atoms. The third kappa shape index (κ3) is 3.68. The molecule has 2 aromatic heterocycles. The summed E-state index contributed by atoms with van der Waals surface area (Å²) in [7, 11) is 0. The lowest BCUT2D eigenvalue weighted by Gasteiger charge is -2.36. The molecule has 1 fully saturated rings. The second-order valence-electron chi connectivity index (χ2n) is 6.55. The predicted molar refractivity (Wildman–Crippen MR) is 96.4 cm³/mol. The number of nitrogens with zero attached hydrogens (tertiary/aromatic N) is 2. The molecule has 128 valence electrons. The Morgan fingerprint density at radius 1 is 1.50 bits per heavy atom. The third-order valence-electron chi connectivity index (χ3n) is 4.72. The summed E-state index contributed by atoms with van der Waals surface area (Å²) < 4.78 is 0. The number of carboxylic acid groups (broad SMARTS) is 1. The summed E-state index contributed by atoms with van der Waals surface area (Å²) >= 11 is 1.74. The van der Waals surface area contributed by atoms with Crippen LogP contribution in [0.15, 0.2) is 29.8 Å². The fourth-order valence-corrected chi connectivity index (χ4v) is 4.40. The minimum atomic E-state index is -0.685. The average molecular weight is 344 g/mol. The van der Waals surface area contributed by atoms with Gasteiger partial charge >= 0.3 is 5.97 Å². The molecule has 2 aromatic rings. The van der Waals surface area contributed by atoms with E-state index in [1.54, 1.807) is 11.3 Å². The minimum absolute atomic E-state index is 0.0526.